The average Bonchev–Trinajstić information content (AvgIpc) is 3.37. The first-order valence-electron chi connectivity index (χ1n) is 7.97. The summed E-state index contributed by atoms with van der Waals surface area (Å²) in [5.74, 6) is 0. The van der Waals surface area contributed by atoms with Gasteiger partial charge in [-0.25, -0.2) is 0 Å². The van der Waals surface area contributed by atoms with Gasteiger partial charge < -0.3 is 23.7 Å². The van der Waals surface area contributed by atoms with Gasteiger partial charge in [0.1, 0.15) is 18.3 Å². The Morgan fingerprint density at radius 1 is 1.10 bits per heavy atom. The van der Waals surface area contributed by atoms with E-state index >= 15 is 0 Å². The molecule has 0 aliphatic carbocycles. The molecule has 0 aromatic heterocycles. The van der Waals surface area contributed by atoms with Crippen LogP contribution in [0.1, 0.15) is 26.7 Å². The van der Waals surface area contributed by atoms with Crippen molar-refractivity contribution in [3.63, 3.8) is 0 Å². The predicted molar refractivity (Wildman–Crippen MR) is 79.5 cm³/mol. The molecule has 5 unspecified atom stereocenters. The molecule has 21 heavy (non-hydrogen) atoms. The van der Waals surface area contributed by atoms with Gasteiger partial charge in [0.15, 0.2) is 0 Å². The van der Waals surface area contributed by atoms with Gasteiger partial charge in [-0.05, 0) is 12.8 Å². The van der Waals surface area contributed by atoms with Gasteiger partial charge in [0.2, 0.25) is 0 Å². The van der Waals surface area contributed by atoms with Crippen LogP contribution in [0.25, 0.3) is 0 Å². The summed E-state index contributed by atoms with van der Waals surface area (Å²) in [7, 11) is 0. The highest BCUT2D eigenvalue weighted by Gasteiger charge is 2.35. The van der Waals surface area contributed by atoms with Crippen LogP contribution in [0, 0.1) is 0 Å². The van der Waals surface area contributed by atoms with Crippen molar-refractivity contribution in [1.29, 1.82) is 0 Å². The van der Waals surface area contributed by atoms with Gasteiger partial charge in [-0.15, -0.1) is 6.58 Å². The molecule has 0 radical (unpaired) electrons. The second-order valence-corrected chi connectivity index (χ2v) is 5.55. The minimum atomic E-state index is -0.0769. The molecule has 0 N–H and O–H groups in total. The van der Waals surface area contributed by atoms with E-state index in [1.54, 1.807) is 6.08 Å². The first-order chi connectivity index (χ1) is 10.3. The monoisotopic (exact) mass is 300 g/mol. The van der Waals surface area contributed by atoms with Crippen LogP contribution in [0.4, 0.5) is 0 Å². The van der Waals surface area contributed by atoms with Gasteiger partial charge in [0.05, 0.1) is 45.2 Å². The summed E-state index contributed by atoms with van der Waals surface area (Å²) in [4.78, 5) is 0. The summed E-state index contributed by atoms with van der Waals surface area (Å²) < 4.78 is 28.3. The van der Waals surface area contributed by atoms with Crippen LogP contribution in [0.3, 0.4) is 0 Å². The van der Waals surface area contributed by atoms with Crippen LogP contribution < -0.4 is 0 Å². The average molecular weight is 300 g/mol. The van der Waals surface area contributed by atoms with Crippen molar-refractivity contribution < 1.29 is 23.7 Å². The molecule has 2 fully saturated rings. The molecule has 2 saturated heterocycles. The largest absolute Gasteiger partial charge is 0.375 e. The molecule has 2 aliphatic rings. The van der Waals surface area contributed by atoms with Crippen LogP contribution in [0.2, 0.25) is 0 Å². The number of epoxide rings is 2. The van der Waals surface area contributed by atoms with E-state index in [1.165, 1.54) is 0 Å². The summed E-state index contributed by atoms with van der Waals surface area (Å²) in [6.07, 6.45) is 4.35. The van der Waals surface area contributed by atoms with Gasteiger partial charge in [-0.1, -0.05) is 19.9 Å². The first-order valence-corrected chi connectivity index (χ1v) is 7.97. The van der Waals surface area contributed by atoms with E-state index in [4.69, 9.17) is 23.7 Å². The topological polar surface area (TPSA) is 52.8 Å². The maximum Gasteiger partial charge on any atom is 0.107 e. The lowest BCUT2D eigenvalue weighted by Gasteiger charge is -2.25. The maximum absolute atomic E-state index is 6.12. The summed E-state index contributed by atoms with van der Waals surface area (Å²) in [5.41, 5.74) is 0. The van der Waals surface area contributed by atoms with Gasteiger partial charge in [0, 0.05) is 0 Å². The lowest BCUT2D eigenvalue weighted by atomic mass is 10.2. The number of hydrogen-bond acceptors (Lipinski definition) is 5. The molecule has 5 nitrogen and oxygen atoms in total. The van der Waals surface area contributed by atoms with Crippen molar-refractivity contribution in [2.24, 2.45) is 0 Å². The molecule has 0 saturated carbocycles. The number of rotatable bonds is 13. The SMILES string of the molecule is C=CCOCC(COC(CC)C1CO1)OC(CC)C1CO1. The maximum atomic E-state index is 6.12. The standard InChI is InChI=1S/C16H28O5/c1-4-7-17-8-12(21-14(6-3)16-11-20-16)9-18-13(5-2)15-10-19-15/h4,12-16H,1,5-11H2,2-3H3. The highest BCUT2D eigenvalue weighted by atomic mass is 16.6. The Labute approximate surface area is 127 Å². The Bertz CT molecular complexity index is 301. The van der Waals surface area contributed by atoms with Crippen molar-refractivity contribution >= 4 is 0 Å². The molecule has 0 aromatic rings. The van der Waals surface area contributed by atoms with E-state index in [0.717, 1.165) is 26.1 Å². The van der Waals surface area contributed by atoms with Crippen molar-refractivity contribution in [3.8, 4) is 0 Å². The normalized spacial score (nSPS) is 27.9. The third-order valence-electron chi connectivity index (χ3n) is 3.76. The fourth-order valence-corrected chi connectivity index (χ4v) is 2.36. The highest BCUT2D eigenvalue weighted by Crippen LogP contribution is 2.23. The van der Waals surface area contributed by atoms with Crippen molar-refractivity contribution in [2.45, 2.75) is 57.2 Å². The molecule has 0 spiro atoms. The van der Waals surface area contributed by atoms with E-state index < -0.39 is 0 Å². The Morgan fingerprint density at radius 2 is 1.71 bits per heavy atom. The molecule has 2 aliphatic heterocycles. The van der Waals surface area contributed by atoms with Gasteiger partial charge in [-0.3, -0.25) is 0 Å². The third-order valence-corrected chi connectivity index (χ3v) is 3.76. The summed E-state index contributed by atoms with van der Waals surface area (Å²) in [5, 5.41) is 0. The molecule has 2 rings (SSSR count). The zero-order valence-corrected chi connectivity index (χ0v) is 13.2. The molecular weight excluding hydrogens is 272 g/mol. The highest BCUT2D eigenvalue weighted by molar-refractivity contribution is 4.82. The molecular formula is C16H28O5. The molecule has 2 heterocycles. The molecule has 0 aromatic carbocycles. The Balaban J connectivity index is 1.76. The third kappa shape index (κ3) is 6.04. The summed E-state index contributed by atoms with van der Waals surface area (Å²) in [6, 6.07) is 0. The number of ether oxygens (including phenoxy) is 5. The molecule has 122 valence electrons. The van der Waals surface area contributed by atoms with Crippen LogP contribution in [0.15, 0.2) is 12.7 Å². The quantitative estimate of drug-likeness (QED) is 0.296. The predicted octanol–water partition coefficient (Wildman–Crippen LogP) is 1.95. The molecule has 5 atom stereocenters. The lowest BCUT2D eigenvalue weighted by Crippen LogP contribution is -2.35. The molecule has 0 bridgehead atoms. The Morgan fingerprint density at radius 3 is 2.24 bits per heavy atom. The Hall–Kier alpha value is -0.460. The van der Waals surface area contributed by atoms with Crippen molar-refractivity contribution in [1.82, 2.24) is 0 Å². The van der Waals surface area contributed by atoms with Crippen LogP contribution >= 0.6 is 0 Å². The number of hydrogen-bond donors (Lipinski definition) is 0. The van der Waals surface area contributed by atoms with Crippen molar-refractivity contribution in [3.05, 3.63) is 12.7 Å². The van der Waals surface area contributed by atoms with E-state index in [-0.39, 0.29) is 30.5 Å². The molecule has 0 amide bonds. The Kier molecular flexibility index (Phi) is 7.13. The van der Waals surface area contributed by atoms with Gasteiger partial charge in [-0.2, -0.15) is 0 Å². The second-order valence-electron chi connectivity index (χ2n) is 5.55. The lowest BCUT2D eigenvalue weighted by molar-refractivity contribution is -0.110. The van der Waals surface area contributed by atoms with Crippen LogP contribution in [0.5, 0.6) is 0 Å². The second kappa shape index (κ2) is 8.86. The smallest absolute Gasteiger partial charge is 0.107 e. The fourth-order valence-electron chi connectivity index (χ4n) is 2.36. The van der Waals surface area contributed by atoms with Crippen LogP contribution in [-0.2, 0) is 23.7 Å². The fraction of sp³-hybridized carbons (Fsp3) is 0.875. The zero-order valence-electron chi connectivity index (χ0n) is 13.2. The minimum Gasteiger partial charge on any atom is -0.375 e. The van der Waals surface area contributed by atoms with E-state index in [1.807, 2.05) is 0 Å². The van der Waals surface area contributed by atoms with Crippen molar-refractivity contribution in [2.75, 3.05) is 33.0 Å². The summed E-state index contributed by atoms with van der Waals surface area (Å²) >= 11 is 0. The van der Waals surface area contributed by atoms with Gasteiger partial charge >= 0.3 is 0 Å². The van der Waals surface area contributed by atoms with E-state index in [9.17, 15) is 0 Å². The van der Waals surface area contributed by atoms with E-state index in [2.05, 4.69) is 20.4 Å². The minimum absolute atomic E-state index is 0.0769. The zero-order chi connectivity index (χ0) is 15.1. The van der Waals surface area contributed by atoms with E-state index in [0.29, 0.717) is 19.8 Å². The van der Waals surface area contributed by atoms with Gasteiger partial charge in [0.25, 0.3) is 0 Å². The summed E-state index contributed by atoms with van der Waals surface area (Å²) in [6.45, 7) is 11.1. The molecule has 5 heteroatoms. The van der Waals surface area contributed by atoms with Crippen LogP contribution in [-0.4, -0.2) is 63.6 Å². The first kappa shape index (κ1) is 16.9.